The molecule has 0 atom stereocenters. The molecule has 8 nitrogen and oxygen atoms in total. The van der Waals surface area contributed by atoms with E-state index in [1.165, 1.54) is 11.3 Å². The molecule has 1 aliphatic rings. The van der Waals surface area contributed by atoms with Crippen LogP contribution < -0.4 is 5.32 Å². The molecule has 0 aliphatic carbocycles. The highest BCUT2D eigenvalue weighted by molar-refractivity contribution is 7.91. The molecular formula is C20H24N4O4S2. The van der Waals surface area contributed by atoms with E-state index < -0.39 is 10.0 Å². The first-order valence-electron chi connectivity index (χ1n) is 9.92. The van der Waals surface area contributed by atoms with Gasteiger partial charge in [0.2, 0.25) is 0 Å². The van der Waals surface area contributed by atoms with E-state index in [1.54, 1.807) is 34.8 Å². The molecule has 1 fully saturated rings. The number of aryl methyl sites for hydroxylation is 1. The van der Waals surface area contributed by atoms with Crippen molar-refractivity contribution < 1.29 is 17.6 Å². The molecule has 0 saturated carbocycles. The lowest BCUT2D eigenvalue weighted by atomic mass is 9.94. The molecule has 0 bridgehead atoms. The highest BCUT2D eigenvalue weighted by Gasteiger charge is 2.31. The number of piperidine rings is 1. The van der Waals surface area contributed by atoms with E-state index in [2.05, 4.69) is 15.5 Å². The number of thiophene rings is 1. The highest BCUT2D eigenvalue weighted by Crippen LogP contribution is 2.32. The van der Waals surface area contributed by atoms with Gasteiger partial charge in [0, 0.05) is 29.6 Å². The largest absolute Gasteiger partial charge is 0.467 e. The second kappa shape index (κ2) is 8.75. The minimum atomic E-state index is -3.44. The maximum Gasteiger partial charge on any atom is 0.272 e. The number of hydrogen-bond donors (Lipinski definition) is 2. The molecule has 1 amide bonds. The molecule has 4 rings (SSSR count). The number of H-pyrrole nitrogens is 1. The molecule has 4 heterocycles. The Bertz CT molecular complexity index is 1090. The Kier molecular flexibility index (Phi) is 6.07. The lowest BCUT2D eigenvalue weighted by Crippen LogP contribution is -2.37. The number of aromatic amines is 1. The maximum atomic E-state index is 12.9. The van der Waals surface area contributed by atoms with Gasteiger partial charge in [-0.05, 0) is 49.6 Å². The number of nitrogens with one attached hydrogen (secondary N) is 2. The lowest BCUT2D eigenvalue weighted by Gasteiger charge is -2.30. The predicted octanol–water partition coefficient (Wildman–Crippen LogP) is 3.12. The van der Waals surface area contributed by atoms with Crippen LogP contribution in [0.25, 0.3) is 0 Å². The van der Waals surface area contributed by atoms with Crippen molar-refractivity contribution in [1.82, 2.24) is 19.8 Å². The SMILES string of the molecule is CCc1ccc(S(=O)(=O)N2CCC(c3cc(C(=O)NCc4ccco4)n[nH]3)CC2)s1. The Morgan fingerprint density at radius 2 is 2.13 bits per heavy atom. The van der Waals surface area contributed by atoms with Gasteiger partial charge in [-0.1, -0.05) is 6.92 Å². The average molecular weight is 449 g/mol. The third-order valence-corrected chi connectivity index (χ3v) is 8.90. The van der Waals surface area contributed by atoms with E-state index in [-0.39, 0.29) is 11.8 Å². The molecule has 10 heteroatoms. The van der Waals surface area contributed by atoms with Crippen LogP contribution in [-0.2, 0) is 23.0 Å². The number of furan rings is 1. The van der Waals surface area contributed by atoms with Gasteiger partial charge in [0.15, 0.2) is 0 Å². The van der Waals surface area contributed by atoms with Crippen LogP contribution in [0.4, 0.5) is 0 Å². The summed E-state index contributed by atoms with van der Waals surface area (Å²) in [6.45, 7) is 3.22. The van der Waals surface area contributed by atoms with Crippen LogP contribution in [0.3, 0.4) is 0 Å². The van der Waals surface area contributed by atoms with Crippen LogP contribution in [0.15, 0.2) is 45.2 Å². The standard InChI is InChI=1S/C20H24N4O4S2/c1-2-16-5-6-19(29-16)30(26,27)24-9-7-14(8-10-24)17-12-18(23-22-17)20(25)21-13-15-4-3-11-28-15/h3-6,11-12,14H,2,7-10,13H2,1H3,(H,21,25)(H,22,23). The van der Waals surface area contributed by atoms with Crippen LogP contribution in [0.2, 0.25) is 0 Å². The average Bonchev–Trinajstić information content (AvgIpc) is 3.53. The van der Waals surface area contributed by atoms with Gasteiger partial charge < -0.3 is 9.73 Å². The number of carbonyl (C=O) groups excluding carboxylic acids is 1. The minimum absolute atomic E-state index is 0.144. The third kappa shape index (κ3) is 4.35. The van der Waals surface area contributed by atoms with Crippen molar-refractivity contribution >= 4 is 27.3 Å². The Morgan fingerprint density at radius 3 is 2.80 bits per heavy atom. The molecule has 1 aliphatic heterocycles. The number of rotatable bonds is 7. The summed E-state index contributed by atoms with van der Waals surface area (Å²) >= 11 is 1.34. The Hall–Kier alpha value is -2.43. The van der Waals surface area contributed by atoms with Crippen LogP contribution in [0.5, 0.6) is 0 Å². The van der Waals surface area contributed by atoms with E-state index in [4.69, 9.17) is 4.42 Å². The van der Waals surface area contributed by atoms with Gasteiger partial charge in [0.25, 0.3) is 15.9 Å². The summed E-state index contributed by atoms with van der Waals surface area (Å²) in [6.07, 6.45) is 3.75. The zero-order valence-corrected chi connectivity index (χ0v) is 18.3. The first-order chi connectivity index (χ1) is 14.5. The molecule has 2 N–H and O–H groups in total. The normalized spacial score (nSPS) is 16.0. The van der Waals surface area contributed by atoms with E-state index >= 15 is 0 Å². The second-order valence-corrected chi connectivity index (χ2v) is 10.6. The molecule has 160 valence electrons. The van der Waals surface area contributed by atoms with Crippen molar-refractivity contribution in [3.63, 3.8) is 0 Å². The monoisotopic (exact) mass is 448 g/mol. The first-order valence-corrected chi connectivity index (χ1v) is 12.2. The van der Waals surface area contributed by atoms with Crippen molar-refractivity contribution in [2.45, 2.75) is 42.9 Å². The van der Waals surface area contributed by atoms with Crippen molar-refractivity contribution in [1.29, 1.82) is 0 Å². The summed E-state index contributed by atoms with van der Waals surface area (Å²) in [5.41, 5.74) is 1.18. The number of aromatic nitrogens is 2. The third-order valence-electron chi connectivity index (χ3n) is 5.31. The summed E-state index contributed by atoms with van der Waals surface area (Å²) in [5.74, 6) is 0.535. The number of nitrogens with zero attached hydrogens (tertiary/aromatic N) is 2. The number of amides is 1. The smallest absolute Gasteiger partial charge is 0.272 e. The molecule has 3 aromatic heterocycles. The van der Waals surface area contributed by atoms with Gasteiger partial charge >= 0.3 is 0 Å². The molecule has 0 aromatic carbocycles. The number of carbonyl (C=O) groups is 1. The van der Waals surface area contributed by atoms with E-state index in [0.717, 1.165) is 17.0 Å². The van der Waals surface area contributed by atoms with Gasteiger partial charge in [-0.25, -0.2) is 8.42 Å². The molecule has 0 spiro atoms. The summed E-state index contributed by atoms with van der Waals surface area (Å²) in [6, 6.07) is 8.89. The fourth-order valence-corrected chi connectivity index (χ4v) is 6.47. The van der Waals surface area contributed by atoms with Gasteiger partial charge in [-0.2, -0.15) is 9.40 Å². The predicted molar refractivity (Wildman–Crippen MR) is 113 cm³/mol. The van der Waals surface area contributed by atoms with Crippen LogP contribution in [-0.4, -0.2) is 41.9 Å². The van der Waals surface area contributed by atoms with Crippen LogP contribution in [0, 0.1) is 0 Å². The zero-order valence-electron chi connectivity index (χ0n) is 16.6. The minimum Gasteiger partial charge on any atom is -0.467 e. The van der Waals surface area contributed by atoms with Gasteiger partial charge in [-0.3, -0.25) is 9.89 Å². The van der Waals surface area contributed by atoms with Gasteiger partial charge in [0.1, 0.15) is 15.7 Å². The Balaban J connectivity index is 1.34. The van der Waals surface area contributed by atoms with E-state index in [0.29, 0.717) is 48.1 Å². The zero-order chi connectivity index (χ0) is 21.1. The summed E-state index contributed by atoms with van der Waals surface area (Å²) in [5, 5.41) is 9.83. The van der Waals surface area contributed by atoms with Gasteiger partial charge in [-0.15, -0.1) is 11.3 Å². The van der Waals surface area contributed by atoms with Gasteiger partial charge in [0.05, 0.1) is 12.8 Å². The molecular weight excluding hydrogens is 424 g/mol. The highest BCUT2D eigenvalue weighted by atomic mass is 32.2. The van der Waals surface area contributed by atoms with E-state index in [9.17, 15) is 13.2 Å². The van der Waals surface area contributed by atoms with E-state index in [1.807, 2.05) is 13.0 Å². The summed E-state index contributed by atoms with van der Waals surface area (Å²) in [4.78, 5) is 13.3. The molecule has 3 aromatic rings. The number of sulfonamides is 1. The molecule has 0 radical (unpaired) electrons. The molecule has 30 heavy (non-hydrogen) atoms. The maximum absolute atomic E-state index is 12.9. The Morgan fingerprint density at radius 1 is 1.33 bits per heavy atom. The van der Waals surface area contributed by atoms with Crippen molar-refractivity contribution in [3.8, 4) is 0 Å². The summed E-state index contributed by atoms with van der Waals surface area (Å²) < 4.78 is 32.9. The Labute approximate surface area is 179 Å². The fourth-order valence-electron chi connectivity index (χ4n) is 3.55. The second-order valence-electron chi connectivity index (χ2n) is 7.22. The van der Waals surface area contributed by atoms with Crippen LogP contribution in [0.1, 0.15) is 52.5 Å². The molecule has 1 saturated heterocycles. The fraction of sp³-hybridized carbons (Fsp3) is 0.400. The lowest BCUT2D eigenvalue weighted by molar-refractivity contribution is 0.0943. The summed E-state index contributed by atoms with van der Waals surface area (Å²) in [7, 11) is -3.44. The first kappa shape index (κ1) is 20.8. The van der Waals surface area contributed by atoms with Crippen molar-refractivity contribution in [3.05, 3.63) is 58.6 Å². The van der Waals surface area contributed by atoms with Crippen molar-refractivity contribution in [2.24, 2.45) is 0 Å². The van der Waals surface area contributed by atoms with Crippen molar-refractivity contribution in [2.75, 3.05) is 13.1 Å². The van der Waals surface area contributed by atoms with Crippen LogP contribution >= 0.6 is 11.3 Å². The quantitative estimate of drug-likeness (QED) is 0.577. The topological polar surface area (TPSA) is 108 Å². The molecule has 0 unspecified atom stereocenters. The number of hydrogen-bond acceptors (Lipinski definition) is 6.